The summed E-state index contributed by atoms with van der Waals surface area (Å²) in [5.74, 6) is 0. The third-order valence-corrected chi connectivity index (χ3v) is 0.856. The van der Waals surface area contributed by atoms with Crippen LogP contribution in [0.1, 0.15) is 0 Å². The van der Waals surface area contributed by atoms with Gasteiger partial charge in [0.05, 0.1) is 13.2 Å². The second kappa shape index (κ2) is 16.7. The maximum absolute atomic E-state index is 9.51. The molecule has 0 aliphatic heterocycles. The van der Waals surface area contributed by atoms with E-state index in [0.29, 0.717) is 32.7 Å². The molecule has 3 N–H and O–H groups in total. The van der Waals surface area contributed by atoms with Gasteiger partial charge in [-0.05, 0) is 0 Å². The zero-order chi connectivity index (χ0) is 9.66. The highest BCUT2D eigenvalue weighted by Crippen LogP contribution is 1.58. The Hall–Kier alpha value is -0.650. The first-order valence-corrected chi connectivity index (χ1v) is 3.68. The van der Waals surface area contributed by atoms with Crippen LogP contribution in [0, 0.1) is 0 Å². The van der Waals surface area contributed by atoms with Gasteiger partial charge in [-0.25, -0.2) is 0 Å². The van der Waals surface area contributed by atoms with E-state index in [1.807, 2.05) is 0 Å². The van der Waals surface area contributed by atoms with Crippen molar-refractivity contribution in [1.29, 1.82) is 0 Å². The molecule has 0 saturated heterocycles. The molecule has 1 amide bonds. The summed E-state index contributed by atoms with van der Waals surface area (Å²) in [6, 6.07) is 0. The standard InChI is InChI=1S/C4H9NO2.C3H9NO/c1-7-3-2-5-4-6;1-5-3-2-4/h4H,2-3H2,1H3,(H,5,6);2-4H2,1H3. The predicted octanol–water partition coefficient (Wildman–Crippen LogP) is -1.03. The Bertz CT molecular complexity index is 79.1. The highest BCUT2D eigenvalue weighted by molar-refractivity contribution is 5.45. The first-order valence-electron chi connectivity index (χ1n) is 3.68. The molecule has 0 fully saturated rings. The Morgan fingerprint density at radius 1 is 1.33 bits per heavy atom. The summed E-state index contributed by atoms with van der Waals surface area (Å²) in [7, 11) is 3.22. The lowest BCUT2D eigenvalue weighted by atomic mass is 10.7. The number of hydrogen-bond donors (Lipinski definition) is 2. The van der Waals surface area contributed by atoms with Crippen LogP contribution in [0.5, 0.6) is 0 Å². The molecule has 0 spiro atoms. The van der Waals surface area contributed by atoms with Crippen LogP contribution >= 0.6 is 0 Å². The minimum Gasteiger partial charge on any atom is -0.383 e. The van der Waals surface area contributed by atoms with Gasteiger partial charge in [0.25, 0.3) is 0 Å². The Labute approximate surface area is 73.2 Å². The minimum absolute atomic E-state index is 0.582. The van der Waals surface area contributed by atoms with E-state index in [9.17, 15) is 4.79 Å². The summed E-state index contributed by atoms with van der Waals surface area (Å²) in [5, 5.41) is 2.44. The maximum Gasteiger partial charge on any atom is 0.207 e. The predicted molar refractivity (Wildman–Crippen MR) is 46.9 cm³/mol. The van der Waals surface area contributed by atoms with Crippen LogP contribution in [0.25, 0.3) is 0 Å². The summed E-state index contributed by atoms with van der Waals surface area (Å²) in [4.78, 5) is 9.51. The van der Waals surface area contributed by atoms with Gasteiger partial charge >= 0.3 is 0 Å². The van der Waals surface area contributed by atoms with Gasteiger partial charge in [-0.1, -0.05) is 0 Å². The van der Waals surface area contributed by atoms with Gasteiger partial charge in [-0.3, -0.25) is 4.79 Å². The topological polar surface area (TPSA) is 73.6 Å². The third-order valence-electron chi connectivity index (χ3n) is 0.856. The number of amides is 1. The molecule has 12 heavy (non-hydrogen) atoms. The van der Waals surface area contributed by atoms with Crippen molar-refractivity contribution in [1.82, 2.24) is 5.32 Å². The molecule has 0 rings (SSSR count). The van der Waals surface area contributed by atoms with E-state index in [-0.39, 0.29) is 0 Å². The van der Waals surface area contributed by atoms with E-state index in [1.165, 1.54) is 0 Å². The van der Waals surface area contributed by atoms with E-state index in [1.54, 1.807) is 14.2 Å². The highest BCUT2D eigenvalue weighted by atomic mass is 16.5. The van der Waals surface area contributed by atoms with E-state index >= 15 is 0 Å². The van der Waals surface area contributed by atoms with Gasteiger partial charge in [0.2, 0.25) is 6.41 Å². The quantitative estimate of drug-likeness (QED) is 0.403. The number of nitrogens with one attached hydrogen (secondary N) is 1. The SMILES string of the molecule is COCCN.COCCNC=O. The fourth-order valence-corrected chi connectivity index (χ4v) is 0.338. The van der Waals surface area contributed by atoms with E-state index in [2.05, 4.69) is 14.8 Å². The van der Waals surface area contributed by atoms with Gasteiger partial charge < -0.3 is 20.5 Å². The van der Waals surface area contributed by atoms with Crippen molar-refractivity contribution in [2.75, 3.05) is 40.5 Å². The Kier molecular flexibility index (Phi) is 19.4. The van der Waals surface area contributed by atoms with Crippen LogP contribution in [-0.2, 0) is 14.3 Å². The zero-order valence-corrected chi connectivity index (χ0v) is 7.71. The van der Waals surface area contributed by atoms with Crippen LogP contribution in [0.4, 0.5) is 0 Å². The van der Waals surface area contributed by atoms with Gasteiger partial charge in [0, 0.05) is 27.3 Å². The van der Waals surface area contributed by atoms with Gasteiger partial charge in [-0.15, -0.1) is 0 Å². The number of ether oxygens (including phenoxy) is 2. The summed E-state index contributed by atoms with van der Waals surface area (Å²) in [5.41, 5.74) is 5.01. The largest absolute Gasteiger partial charge is 0.383 e. The molecule has 0 unspecified atom stereocenters. The number of methoxy groups -OCH3 is 2. The summed E-state index contributed by atoms with van der Waals surface area (Å²) >= 11 is 0. The number of carbonyl (C=O) groups is 1. The van der Waals surface area contributed by atoms with Crippen molar-refractivity contribution in [3.05, 3.63) is 0 Å². The molecule has 0 aliphatic rings. The van der Waals surface area contributed by atoms with Gasteiger partial charge in [0.1, 0.15) is 0 Å². The fourth-order valence-electron chi connectivity index (χ4n) is 0.338. The average Bonchev–Trinajstić information content (AvgIpc) is 2.08. The lowest BCUT2D eigenvalue weighted by Gasteiger charge is -1.92. The smallest absolute Gasteiger partial charge is 0.207 e. The van der Waals surface area contributed by atoms with Crippen LogP contribution < -0.4 is 11.1 Å². The van der Waals surface area contributed by atoms with Crippen molar-refractivity contribution in [3.63, 3.8) is 0 Å². The van der Waals surface area contributed by atoms with Crippen LogP contribution in [0.3, 0.4) is 0 Å². The van der Waals surface area contributed by atoms with Crippen molar-refractivity contribution in [2.24, 2.45) is 5.73 Å². The molecule has 0 atom stereocenters. The first-order chi connectivity index (χ1) is 5.83. The summed E-state index contributed by atoms with van der Waals surface area (Å²) in [6.45, 7) is 2.47. The second-order valence-electron chi connectivity index (χ2n) is 1.85. The van der Waals surface area contributed by atoms with Crippen molar-refractivity contribution < 1.29 is 14.3 Å². The molecule has 0 radical (unpaired) electrons. The molecule has 0 saturated carbocycles. The van der Waals surface area contributed by atoms with Crippen molar-refractivity contribution in [3.8, 4) is 0 Å². The molecule has 74 valence electrons. The Morgan fingerprint density at radius 3 is 2.17 bits per heavy atom. The van der Waals surface area contributed by atoms with E-state index in [0.717, 1.165) is 0 Å². The van der Waals surface area contributed by atoms with Gasteiger partial charge in [-0.2, -0.15) is 0 Å². The molecule has 0 heterocycles. The molecule has 0 aromatic rings. The van der Waals surface area contributed by atoms with E-state index < -0.39 is 0 Å². The molecule has 0 aromatic carbocycles. The monoisotopic (exact) mass is 178 g/mol. The van der Waals surface area contributed by atoms with Gasteiger partial charge in [0.15, 0.2) is 0 Å². The summed E-state index contributed by atoms with van der Waals surface area (Å²) < 4.78 is 9.19. The molecular formula is C7H18N2O3. The van der Waals surface area contributed by atoms with Crippen LogP contribution in [-0.4, -0.2) is 46.9 Å². The molecular weight excluding hydrogens is 160 g/mol. The van der Waals surface area contributed by atoms with Crippen molar-refractivity contribution >= 4 is 6.41 Å². The lowest BCUT2D eigenvalue weighted by Crippen LogP contribution is -2.16. The Morgan fingerprint density at radius 2 is 1.92 bits per heavy atom. The average molecular weight is 178 g/mol. The lowest BCUT2D eigenvalue weighted by molar-refractivity contribution is -0.109. The van der Waals surface area contributed by atoms with E-state index in [4.69, 9.17) is 5.73 Å². The molecule has 5 heteroatoms. The minimum atomic E-state index is 0.582. The summed E-state index contributed by atoms with van der Waals surface area (Å²) in [6.07, 6.45) is 0.652. The van der Waals surface area contributed by atoms with Crippen LogP contribution in [0.15, 0.2) is 0 Å². The first kappa shape index (κ1) is 13.9. The van der Waals surface area contributed by atoms with Crippen molar-refractivity contribution in [2.45, 2.75) is 0 Å². The molecule has 0 bridgehead atoms. The molecule has 5 nitrogen and oxygen atoms in total. The third kappa shape index (κ3) is 22.8. The normalized spacial score (nSPS) is 8.25. The number of hydrogen-bond acceptors (Lipinski definition) is 4. The molecule has 0 aliphatic carbocycles. The number of carbonyl (C=O) groups excluding carboxylic acids is 1. The fraction of sp³-hybridized carbons (Fsp3) is 0.857. The number of rotatable bonds is 6. The van der Waals surface area contributed by atoms with Crippen LogP contribution in [0.2, 0.25) is 0 Å². The molecule has 0 aromatic heterocycles. The maximum atomic E-state index is 9.51. The second-order valence-corrected chi connectivity index (χ2v) is 1.85. The highest BCUT2D eigenvalue weighted by Gasteiger charge is 1.75. The zero-order valence-electron chi connectivity index (χ0n) is 7.71. The number of nitrogens with two attached hydrogens (primary N) is 1. The Balaban J connectivity index is 0.